The van der Waals surface area contributed by atoms with Gasteiger partial charge in [0.2, 0.25) is 0 Å². The normalized spacial score (nSPS) is 13.4. The second kappa shape index (κ2) is 4.78. The summed E-state index contributed by atoms with van der Waals surface area (Å²) in [6.07, 6.45) is 4.84. The molecule has 1 aliphatic rings. The van der Waals surface area contributed by atoms with Gasteiger partial charge in [0, 0.05) is 11.1 Å². The van der Waals surface area contributed by atoms with Crippen LogP contribution in [0.3, 0.4) is 0 Å². The average Bonchev–Trinajstić information content (AvgIpc) is 2.90. The quantitative estimate of drug-likeness (QED) is 0.864. The van der Waals surface area contributed by atoms with Crippen LogP contribution in [-0.4, -0.2) is 15.9 Å². The third kappa shape index (κ3) is 2.30. The van der Waals surface area contributed by atoms with Crippen LogP contribution < -0.4 is 5.32 Å². The molecule has 0 bridgehead atoms. The van der Waals surface area contributed by atoms with Gasteiger partial charge in [0.15, 0.2) is 5.13 Å². The van der Waals surface area contributed by atoms with Gasteiger partial charge < -0.3 is 0 Å². The molecule has 0 atom stereocenters. The number of anilines is 1. The maximum absolute atomic E-state index is 12.0. The summed E-state index contributed by atoms with van der Waals surface area (Å²) in [7, 11) is 0. The number of amides is 1. The van der Waals surface area contributed by atoms with Crippen molar-refractivity contribution >= 4 is 38.3 Å². The number of hydrogen-bond acceptors (Lipinski definition) is 4. The Morgan fingerprint density at radius 3 is 3.00 bits per heavy atom. The molecule has 0 aromatic carbocycles. The Kier molecular flexibility index (Phi) is 3.13. The van der Waals surface area contributed by atoms with E-state index in [1.54, 1.807) is 29.7 Å². The Morgan fingerprint density at radius 1 is 1.39 bits per heavy atom. The largest absolute Gasteiger partial charge is 0.298 e. The van der Waals surface area contributed by atoms with Gasteiger partial charge in [-0.2, -0.15) is 0 Å². The topological polar surface area (TPSA) is 54.9 Å². The number of fused-ring (bicyclic) bond motifs is 1. The molecular weight excluding hydrogens is 314 g/mol. The summed E-state index contributed by atoms with van der Waals surface area (Å²) in [5.74, 6) is -0.164. The molecule has 4 nitrogen and oxygen atoms in total. The summed E-state index contributed by atoms with van der Waals surface area (Å²) >= 11 is 4.81. The van der Waals surface area contributed by atoms with Crippen LogP contribution in [0.4, 0.5) is 5.13 Å². The molecular formula is C12H10BrN3OS. The Morgan fingerprint density at radius 2 is 2.28 bits per heavy atom. The lowest BCUT2D eigenvalue weighted by atomic mass is 10.3. The Hall–Kier alpha value is -1.27. The number of carbonyl (C=O) groups is 1. The van der Waals surface area contributed by atoms with Crippen molar-refractivity contribution in [2.75, 3.05) is 5.32 Å². The number of hydrogen-bond donors (Lipinski definition) is 1. The molecule has 2 heterocycles. The van der Waals surface area contributed by atoms with Crippen molar-refractivity contribution in [1.29, 1.82) is 0 Å². The van der Waals surface area contributed by atoms with Crippen LogP contribution >= 0.6 is 27.3 Å². The van der Waals surface area contributed by atoms with E-state index in [1.807, 2.05) is 0 Å². The number of carbonyl (C=O) groups excluding carboxylic acids is 1. The molecule has 0 radical (unpaired) electrons. The molecule has 0 fully saturated rings. The Balaban J connectivity index is 1.75. The van der Waals surface area contributed by atoms with Gasteiger partial charge >= 0.3 is 0 Å². The molecule has 2 aromatic heterocycles. The lowest BCUT2D eigenvalue weighted by Crippen LogP contribution is -2.12. The molecule has 18 heavy (non-hydrogen) atoms. The SMILES string of the molecule is O=C(Nc1nc2c(s1)CCC2)c1ccc(Br)nc1. The fraction of sp³-hybridized carbons (Fsp3) is 0.250. The maximum Gasteiger partial charge on any atom is 0.259 e. The second-order valence-electron chi connectivity index (χ2n) is 4.07. The number of nitrogens with one attached hydrogen (secondary N) is 1. The Labute approximate surface area is 117 Å². The van der Waals surface area contributed by atoms with Crippen LogP contribution in [0, 0.1) is 0 Å². The number of pyridine rings is 1. The zero-order valence-corrected chi connectivity index (χ0v) is 11.8. The van der Waals surface area contributed by atoms with Crippen LogP contribution in [0.1, 0.15) is 27.3 Å². The van der Waals surface area contributed by atoms with E-state index in [1.165, 1.54) is 11.3 Å². The first-order chi connectivity index (χ1) is 8.72. The van der Waals surface area contributed by atoms with E-state index in [-0.39, 0.29) is 5.91 Å². The Bertz CT molecular complexity index is 572. The first-order valence-corrected chi connectivity index (χ1v) is 7.25. The van der Waals surface area contributed by atoms with E-state index < -0.39 is 0 Å². The number of aryl methyl sites for hydroxylation is 2. The monoisotopic (exact) mass is 323 g/mol. The highest BCUT2D eigenvalue weighted by atomic mass is 79.9. The summed E-state index contributed by atoms with van der Waals surface area (Å²) in [5, 5.41) is 3.51. The van der Waals surface area contributed by atoms with Crippen LogP contribution in [0.2, 0.25) is 0 Å². The van der Waals surface area contributed by atoms with E-state index in [0.717, 1.165) is 18.5 Å². The standard InChI is InChI=1S/C12H10BrN3OS/c13-10-5-4-7(6-14-10)11(17)16-12-15-8-2-1-3-9(8)18-12/h4-6H,1-3H2,(H,15,16,17). The molecule has 1 amide bonds. The summed E-state index contributed by atoms with van der Waals surface area (Å²) in [6.45, 7) is 0. The first-order valence-electron chi connectivity index (χ1n) is 5.64. The van der Waals surface area contributed by atoms with Crippen molar-refractivity contribution < 1.29 is 4.79 Å². The van der Waals surface area contributed by atoms with E-state index >= 15 is 0 Å². The van der Waals surface area contributed by atoms with E-state index in [9.17, 15) is 4.79 Å². The fourth-order valence-electron chi connectivity index (χ4n) is 1.92. The summed E-state index contributed by atoms with van der Waals surface area (Å²) < 4.78 is 0.715. The molecule has 1 N–H and O–H groups in total. The van der Waals surface area contributed by atoms with Crippen LogP contribution in [0.5, 0.6) is 0 Å². The minimum atomic E-state index is -0.164. The van der Waals surface area contributed by atoms with E-state index in [2.05, 4.69) is 31.2 Å². The van der Waals surface area contributed by atoms with Gasteiger partial charge in [-0.15, -0.1) is 11.3 Å². The van der Waals surface area contributed by atoms with Gasteiger partial charge in [-0.05, 0) is 47.3 Å². The highest BCUT2D eigenvalue weighted by Gasteiger charge is 2.18. The molecule has 92 valence electrons. The average molecular weight is 324 g/mol. The van der Waals surface area contributed by atoms with Gasteiger partial charge in [-0.25, -0.2) is 9.97 Å². The van der Waals surface area contributed by atoms with Crippen molar-refractivity contribution in [1.82, 2.24) is 9.97 Å². The fourth-order valence-corrected chi connectivity index (χ4v) is 3.20. The number of rotatable bonds is 2. The molecule has 0 spiro atoms. The molecule has 0 unspecified atom stereocenters. The summed E-state index contributed by atoms with van der Waals surface area (Å²) in [4.78, 5) is 21.7. The third-order valence-corrected chi connectivity index (χ3v) is 4.35. The molecule has 0 saturated heterocycles. The van der Waals surface area contributed by atoms with Crippen molar-refractivity contribution in [3.8, 4) is 0 Å². The number of thiazole rings is 1. The molecule has 0 aliphatic heterocycles. The molecule has 0 saturated carbocycles. The third-order valence-electron chi connectivity index (χ3n) is 2.81. The second-order valence-corrected chi connectivity index (χ2v) is 5.96. The summed E-state index contributed by atoms with van der Waals surface area (Å²) in [6, 6.07) is 3.48. The first kappa shape index (κ1) is 11.8. The van der Waals surface area contributed by atoms with Gasteiger partial charge in [0.05, 0.1) is 11.3 Å². The van der Waals surface area contributed by atoms with Crippen molar-refractivity contribution in [2.24, 2.45) is 0 Å². The van der Waals surface area contributed by atoms with Crippen molar-refractivity contribution in [3.05, 3.63) is 39.1 Å². The lowest BCUT2D eigenvalue weighted by Gasteiger charge is -2.01. The predicted octanol–water partition coefficient (Wildman–Crippen LogP) is 3.04. The van der Waals surface area contributed by atoms with Crippen LogP contribution in [0.25, 0.3) is 0 Å². The minimum Gasteiger partial charge on any atom is -0.298 e. The van der Waals surface area contributed by atoms with Gasteiger partial charge in [-0.3, -0.25) is 10.1 Å². The highest BCUT2D eigenvalue weighted by molar-refractivity contribution is 9.10. The summed E-state index contributed by atoms with van der Waals surface area (Å²) in [5.41, 5.74) is 1.68. The van der Waals surface area contributed by atoms with Crippen LogP contribution in [0.15, 0.2) is 22.9 Å². The van der Waals surface area contributed by atoms with Gasteiger partial charge in [-0.1, -0.05) is 0 Å². The van der Waals surface area contributed by atoms with Crippen molar-refractivity contribution in [3.63, 3.8) is 0 Å². The smallest absolute Gasteiger partial charge is 0.259 e. The zero-order chi connectivity index (χ0) is 12.5. The lowest BCUT2D eigenvalue weighted by molar-refractivity contribution is 0.102. The molecule has 3 rings (SSSR count). The minimum absolute atomic E-state index is 0.164. The number of halogens is 1. The van der Waals surface area contributed by atoms with Gasteiger partial charge in [0.1, 0.15) is 4.60 Å². The van der Waals surface area contributed by atoms with Crippen molar-refractivity contribution in [2.45, 2.75) is 19.3 Å². The highest BCUT2D eigenvalue weighted by Crippen LogP contribution is 2.30. The number of nitrogens with zero attached hydrogens (tertiary/aromatic N) is 2. The molecule has 2 aromatic rings. The van der Waals surface area contributed by atoms with Gasteiger partial charge in [0.25, 0.3) is 5.91 Å². The van der Waals surface area contributed by atoms with E-state index in [0.29, 0.717) is 15.3 Å². The van der Waals surface area contributed by atoms with Crippen LogP contribution in [-0.2, 0) is 12.8 Å². The molecule has 6 heteroatoms. The zero-order valence-electron chi connectivity index (χ0n) is 9.44. The molecule has 1 aliphatic carbocycles. The predicted molar refractivity (Wildman–Crippen MR) is 74.0 cm³/mol. The maximum atomic E-state index is 12.0. The number of aromatic nitrogens is 2. The van der Waals surface area contributed by atoms with E-state index in [4.69, 9.17) is 0 Å².